The highest BCUT2D eigenvalue weighted by molar-refractivity contribution is 9.10. The Labute approximate surface area is 81.8 Å². The molecule has 0 aliphatic rings. The van der Waals surface area contributed by atoms with Gasteiger partial charge < -0.3 is 10.8 Å². The molecule has 0 fully saturated rings. The van der Waals surface area contributed by atoms with E-state index in [0.29, 0.717) is 10.2 Å². The van der Waals surface area contributed by atoms with E-state index in [4.69, 9.17) is 5.73 Å². The molecule has 0 aliphatic heterocycles. The number of thiophene rings is 1. The van der Waals surface area contributed by atoms with E-state index in [9.17, 15) is 5.11 Å². The number of nitrogens with two attached hydrogens (primary N) is 1. The standard InChI is InChI=1S/C8H6BrNOS/c9-5-3-4-1-2-12-8(4)6(10)7(5)11/h1-3,11H,10H2. The maximum absolute atomic E-state index is 9.46. The lowest BCUT2D eigenvalue weighted by molar-refractivity contribution is 0.475. The van der Waals surface area contributed by atoms with Gasteiger partial charge in [0.25, 0.3) is 0 Å². The summed E-state index contributed by atoms with van der Waals surface area (Å²) in [6.07, 6.45) is 0. The molecule has 0 amide bonds. The number of phenols is 1. The molecule has 2 aromatic rings. The maximum Gasteiger partial charge on any atom is 0.154 e. The molecule has 4 heteroatoms. The van der Waals surface area contributed by atoms with Crippen molar-refractivity contribution >= 4 is 43.0 Å². The van der Waals surface area contributed by atoms with Crippen molar-refractivity contribution in [2.24, 2.45) is 0 Å². The molecule has 1 aromatic carbocycles. The smallest absolute Gasteiger partial charge is 0.154 e. The fourth-order valence-corrected chi connectivity index (χ4v) is 2.39. The van der Waals surface area contributed by atoms with Crippen LogP contribution in [0.3, 0.4) is 0 Å². The normalized spacial score (nSPS) is 10.8. The first kappa shape index (κ1) is 7.89. The Morgan fingerprint density at radius 2 is 2.25 bits per heavy atom. The monoisotopic (exact) mass is 243 g/mol. The minimum atomic E-state index is 0.130. The van der Waals surface area contributed by atoms with Crippen LogP contribution in [0.2, 0.25) is 0 Å². The first-order valence-electron chi connectivity index (χ1n) is 3.34. The van der Waals surface area contributed by atoms with Gasteiger partial charge in [-0.2, -0.15) is 0 Å². The van der Waals surface area contributed by atoms with Crippen LogP contribution in [0.1, 0.15) is 0 Å². The number of anilines is 1. The number of hydrogen-bond acceptors (Lipinski definition) is 3. The zero-order valence-electron chi connectivity index (χ0n) is 6.04. The van der Waals surface area contributed by atoms with Crippen molar-refractivity contribution in [3.63, 3.8) is 0 Å². The Balaban J connectivity index is 2.94. The molecule has 62 valence electrons. The summed E-state index contributed by atoms with van der Waals surface area (Å²) in [6, 6.07) is 3.83. The number of benzene rings is 1. The number of phenolic OH excluding ortho intramolecular Hbond substituents is 1. The van der Waals surface area contributed by atoms with E-state index in [2.05, 4.69) is 15.9 Å². The number of nitrogen functional groups attached to an aromatic ring is 1. The van der Waals surface area contributed by atoms with Crippen LogP contribution in [0.25, 0.3) is 10.1 Å². The Morgan fingerprint density at radius 1 is 1.50 bits per heavy atom. The first-order chi connectivity index (χ1) is 5.70. The highest BCUT2D eigenvalue weighted by atomic mass is 79.9. The number of rotatable bonds is 0. The van der Waals surface area contributed by atoms with Gasteiger partial charge >= 0.3 is 0 Å². The SMILES string of the molecule is Nc1c(O)c(Br)cc2ccsc12. The van der Waals surface area contributed by atoms with Crippen LogP contribution in [0.4, 0.5) is 5.69 Å². The second-order valence-electron chi connectivity index (χ2n) is 2.46. The molecule has 0 radical (unpaired) electrons. The molecule has 3 N–H and O–H groups in total. The third kappa shape index (κ3) is 0.990. The lowest BCUT2D eigenvalue weighted by Gasteiger charge is -2.01. The molecule has 1 heterocycles. The summed E-state index contributed by atoms with van der Waals surface area (Å²) in [6.45, 7) is 0. The van der Waals surface area contributed by atoms with Crippen molar-refractivity contribution in [3.8, 4) is 5.75 Å². The first-order valence-corrected chi connectivity index (χ1v) is 5.01. The average molecular weight is 244 g/mol. The minimum Gasteiger partial charge on any atom is -0.505 e. The average Bonchev–Trinajstić information content (AvgIpc) is 2.48. The highest BCUT2D eigenvalue weighted by Crippen LogP contribution is 2.39. The predicted octanol–water partition coefficient (Wildman–Crippen LogP) is 2.95. The van der Waals surface area contributed by atoms with E-state index < -0.39 is 0 Å². The summed E-state index contributed by atoms with van der Waals surface area (Å²) < 4.78 is 1.58. The van der Waals surface area contributed by atoms with E-state index >= 15 is 0 Å². The molecule has 2 rings (SSSR count). The molecule has 2 nitrogen and oxygen atoms in total. The summed E-state index contributed by atoms with van der Waals surface area (Å²) in [4.78, 5) is 0. The summed E-state index contributed by atoms with van der Waals surface area (Å²) in [5, 5.41) is 12.5. The molecule has 0 aliphatic carbocycles. The molecule has 1 aromatic heterocycles. The van der Waals surface area contributed by atoms with Crippen molar-refractivity contribution in [3.05, 3.63) is 22.0 Å². The number of hydrogen-bond donors (Lipinski definition) is 2. The molecule has 0 spiro atoms. The summed E-state index contributed by atoms with van der Waals surface area (Å²) in [5.41, 5.74) is 6.15. The summed E-state index contributed by atoms with van der Waals surface area (Å²) in [5.74, 6) is 0.130. The second kappa shape index (κ2) is 2.64. The van der Waals surface area contributed by atoms with E-state index in [1.54, 1.807) is 0 Å². The van der Waals surface area contributed by atoms with Gasteiger partial charge in [0.2, 0.25) is 0 Å². The Kier molecular flexibility index (Phi) is 1.73. The van der Waals surface area contributed by atoms with E-state index in [1.807, 2.05) is 17.5 Å². The van der Waals surface area contributed by atoms with Gasteiger partial charge in [-0.15, -0.1) is 11.3 Å². The fourth-order valence-electron chi connectivity index (χ4n) is 1.09. The third-order valence-electron chi connectivity index (χ3n) is 1.70. The van der Waals surface area contributed by atoms with Crippen molar-refractivity contribution in [2.75, 3.05) is 5.73 Å². The van der Waals surface area contributed by atoms with E-state index in [1.165, 1.54) is 11.3 Å². The predicted molar refractivity (Wildman–Crippen MR) is 55.6 cm³/mol. The van der Waals surface area contributed by atoms with Crippen LogP contribution in [-0.4, -0.2) is 5.11 Å². The van der Waals surface area contributed by atoms with Crippen LogP contribution >= 0.6 is 27.3 Å². The van der Waals surface area contributed by atoms with Gasteiger partial charge in [-0.25, -0.2) is 0 Å². The minimum absolute atomic E-state index is 0.130. The van der Waals surface area contributed by atoms with Crippen LogP contribution in [0.5, 0.6) is 5.75 Å². The molecule has 0 saturated heterocycles. The number of aromatic hydroxyl groups is 1. The second-order valence-corrected chi connectivity index (χ2v) is 4.23. The van der Waals surface area contributed by atoms with Crippen LogP contribution in [-0.2, 0) is 0 Å². The van der Waals surface area contributed by atoms with Gasteiger partial charge in [0.1, 0.15) is 0 Å². The Hall–Kier alpha value is -0.740. The van der Waals surface area contributed by atoms with Gasteiger partial charge in [0.15, 0.2) is 5.75 Å². The summed E-state index contributed by atoms with van der Waals surface area (Å²) >= 11 is 4.76. The van der Waals surface area contributed by atoms with E-state index in [0.717, 1.165) is 10.1 Å². The largest absolute Gasteiger partial charge is 0.505 e. The van der Waals surface area contributed by atoms with Crippen molar-refractivity contribution < 1.29 is 5.11 Å². The van der Waals surface area contributed by atoms with Gasteiger partial charge in [0, 0.05) is 0 Å². The molecule has 0 saturated carbocycles. The van der Waals surface area contributed by atoms with Crippen molar-refractivity contribution in [2.45, 2.75) is 0 Å². The fraction of sp³-hybridized carbons (Fsp3) is 0. The Morgan fingerprint density at radius 3 is 3.00 bits per heavy atom. The van der Waals surface area contributed by atoms with Gasteiger partial charge in [-0.1, -0.05) is 0 Å². The zero-order chi connectivity index (χ0) is 8.72. The maximum atomic E-state index is 9.46. The zero-order valence-corrected chi connectivity index (χ0v) is 8.45. The lowest BCUT2D eigenvalue weighted by atomic mass is 10.2. The van der Waals surface area contributed by atoms with Crippen LogP contribution in [0, 0.1) is 0 Å². The molecule has 0 unspecified atom stereocenters. The third-order valence-corrected chi connectivity index (χ3v) is 3.27. The quantitative estimate of drug-likeness (QED) is 0.552. The molecule has 0 atom stereocenters. The van der Waals surface area contributed by atoms with Crippen molar-refractivity contribution in [1.82, 2.24) is 0 Å². The number of fused-ring (bicyclic) bond motifs is 1. The molecular formula is C8H6BrNOS. The number of halogens is 1. The van der Waals surface area contributed by atoms with Gasteiger partial charge in [-0.05, 0) is 38.8 Å². The lowest BCUT2D eigenvalue weighted by Crippen LogP contribution is -1.85. The summed E-state index contributed by atoms with van der Waals surface area (Å²) in [7, 11) is 0. The van der Waals surface area contributed by atoms with Crippen LogP contribution < -0.4 is 5.73 Å². The molecule has 0 bridgehead atoms. The Bertz CT molecular complexity index is 438. The van der Waals surface area contributed by atoms with Gasteiger partial charge in [-0.3, -0.25) is 0 Å². The topological polar surface area (TPSA) is 46.2 Å². The van der Waals surface area contributed by atoms with Gasteiger partial charge in [0.05, 0.1) is 14.9 Å². The molecular weight excluding hydrogens is 238 g/mol. The molecule has 12 heavy (non-hydrogen) atoms. The van der Waals surface area contributed by atoms with Crippen molar-refractivity contribution in [1.29, 1.82) is 0 Å². The highest BCUT2D eigenvalue weighted by Gasteiger charge is 2.08. The van der Waals surface area contributed by atoms with E-state index in [-0.39, 0.29) is 5.75 Å². The van der Waals surface area contributed by atoms with Crippen LogP contribution in [0.15, 0.2) is 22.0 Å².